The maximum atomic E-state index is 12.3. The molecule has 2 N–H and O–H groups in total. The van der Waals surface area contributed by atoms with Gasteiger partial charge in [0.1, 0.15) is 6.54 Å². The first-order chi connectivity index (χ1) is 15.1. The summed E-state index contributed by atoms with van der Waals surface area (Å²) in [4.78, 5) is 37.3. The number of aromatic nitrogens is 4. The number of nitrogens with zero attached hydrogens (tertiary/aromatic N) is 3. The normalized spacial score (nSPS) is 10.7. The van der Waals surface area contributed by atoms with E-state index in [0.717, 1.165) is 26.8 Å². The summed E-state index contributed by atoms with van der Waals surface area (Å²) in [5.41, 5.74) is 3.07. The first-order valence-corrected chi connectivity index (χ1v) is 9.79. The summed E-state index contributed by atoms with van der Waals surface area (Å²) in [7, 11) is 0. The first-order valence-electron chi connectivity index (χ1n) is 9.79. The predicted octanol–water partition coefficient (Wildman–Crippen LogP) is 1.76. The maximum absolute atomic E-state index is 12.3. The van der Waals surface area contributed by atoms with Gasteiger partial charge in [-0.25, -0.2) is 4.79 Å². The molecule has 2 aromatic heterocycles. The fourth-order valence-electron chi connectivity index (χ4n) is 3.30. The number of rotatable bonds is 7. The van der Waals surface area contributed by atoms with Gasteiger partial charge in [-0.1, -0.05) is 48.5 Å². The van der Waals surface area contributed by atoms with E-state index >= 15 is 0 Å². The second-order valence-corrected chi connectivity index (χ2v) is 7.07. The monoisotopic (exact) mass is 415 g/mol. The zero-order valence-corrected chi connectivity index (χ0v) is 16.7. The van der Waals surface area contributed by atoms with Crippen LogP contribution in [0.3, 0.4) is 0 Å². The van der Waals surface area contributed by atoms with Gasteiger partial charge in [0, 0.05) is 31.2 Å². The second-order valence-electron chi connectivity index (χ2n) is 7.07. The Kier molecular flexibility index (Phi) is 5.89. The van der Waals surface area contributed by atoms with Crippen molar-refractivity contribution in [1.82, 2.24) is 24.6 Å². The van der Waals surface area contributed by atoms with Crippen molar-refractivity contribution >= 4 is 5.91 Å². The van der Waals surface area contributed by atoms with E-state index in [1.807, 2.05) is 41.2 Å². The van der Waals surface area contributed by atoms with E-state index in [1.165, 1.54) is 12.3 Å². The Balaban J connectivity index is 1.44. The van der Waals surface area contributed by atoms with Crippen molar-refractivity contribution in [3.05, 3.63) is 111 Å². The summed E-state index contributed by atoms with van der Waals surface area (Å²) < 4.78 is 3.02. The smallest absolute Gasteiger partial charge is 0.328 e. The van der Waals surface area contributed by atoms with Crippen molar-refractivity contribution in [2.45, 2.75) is 19.6 Å². The van der Waals surface area contributed by atoms with Crippen molar-refractivity contribution in [3.63, 3.8) is 0 Å². The van der Waals surface area contributed by atoms with Crippen LogP contribution >= 0.6 is 0 Å². The van der Waals surface area contributed by atoms with Crippen molar-refractivity contribution in [3.8, 4) is 11.1 Å². The molecule has 0 fully saturated rings. The molecule has 0 atom stereocenters. The third kappa shape index (κ3) is 5.05. The summed E-state index contributed by atoms with van der Waals surface area (Å²) in [6.45, 7) is 0.858. The number of aromatic amines is 1. The number of carbonyl (C=O) groups excluding carboxylic acids is 1. The lowest BCUT2D eigenvalue weighted by Crippen LogP contribution is -2.35. The molecule has 1 amide bonds. The zero-order valence-electron chi connectivity index (χ0n) is 16.7. The number of amides is 1. The molecule has 31 heavy (non-hydrogen) atoms. The lowest BCUT2D eigenvalue weighted by Gasteiger charge is -2.12. The highest BCUT2D eigenvalue weighted by Crippen LogP contribution is 2.24. The molecule has 156 valence electrons. The highest BCUT2D eigenvalue weighted by molar-refractivity contribution is 5.76. The fourth-order valence-corrected chi connectivity index (χ4v) is 3.30. The zero-order chi connectivity index (χ0) is 21.6. The average molecular weight is 415 g/mol. The van der Waals surface area contributed by atoms with Crippen LogP contribution in [0, 0.1) is 0 Å². The lowest BCUT2D eigenvalue weighted by atomic mass is 9.98. The number of hydrogen-bond acceptors (Lipinski definition) is 4. The van der Waals surface area contributed by atoms with Gasteiger partial charge in [0.15, 0.2) is 0 Å². The Bertz CT molecular complexity index is 1290. The first kappa shape index (κ1) is 20.1. The quantitative estimate of drug-likeness (QED) is 0.480. The van der Waals surface area contributed by atoms with Crippen LogP contribution in [-0.4, -0.2) is 25.2 Å². The molecule has 8 nitrogen and oxygen atoms in total. The van der Waals surface area contributed by atoms with Crippen LogP contribution in [0.2, 0.25) is 0 Å². The molecule has 4 rings (SSSR count). The SMILES string of the molecule is O=C(Cn1ccc(=O)[nH]c1=O)NCc1ccccc1-c1ccc(Cn2cccn2)cc1. The highest BCUT2D eigenvalue weighted by Gasteiger charge is 2.09. The molecule has 0 aliphatic heterocycles. The lowest BCUT2D eigenvalue weighted by molar-refractivity contribution is -0.121. The molecule has 0 unspecified atom stereocenters. The van der Waals surface area contributed by atoms with Crippen molar-refractivity contribution in [2.24, 2.45) is 0 Å². The minimum atomic E-state index is -0.613. The molecule has 0 radical (unpaired) electrons. The Labute approximate surface area is 177 Å². The number of benzene rings is 2. The molecule has 0 aliphatic rings. The van der Waals surface area contributed by atoms with E-state index in [4.69, 9.17) is 0 Å². The van der Waals surface area contributed by atoms with E-state index in [1.54, 1.807) is 6.20 Å². The van der Waals surface area contributed by atoms with E-state index in [2.05, 4.69) is 39.7 Å². The largest absolute Gasteiger partial charge is 0.350 e. The van der Waals surface area contributed by atoms with Gasteiger partial charge in [-0.3, -0.25) is 23.8 Å². The van der Waals surface area contributed by atoms with Crippen LogP contribution < -0.4 is 16.6 Å². The predicted molar refractivity (Wildman–Crippen MR) is 116 cm³/mol. The van der Waals surface area contributed by atoms with Crippen molar-refractivity contribution in [2.75, 3.05) is 0 Å². The maximum Gasteiger partial charge on any atom is 0.328 e. The van der Waals surface area contributed by atoms with Gasteiger partial charge in [-0.05, 0) is 28.3 Å². The highest BCUT2D eigenvalue weighted by atomic mass is 16.2. The molecule has 0 saturated carbocycles. The molecule has 2 aromatic carbocycles. The standard InChI is InChI=1S/C23H21N5O3/c29-21-10-13-27(23(31)26-21)16-22(30)24-14-19-4-1-2-5-20(19)18-8-6-17(7-9-18)15-28-12-3-11-25-28/h1-13H,14-16H2,(H,24,30)(H,26,29,31). The van der Waals surface area contributed by atoms with Crippen LogP contribution in [0.25, 0.3) is 11.1 Å². The summed E-state index contributed by atoms with van der Waals surface area (Å²) >= 11 is 0. The van der Waals surface area contributed by atoms with Gasteiger partial charge < -0.3 is 5.32 Å². The minimum Gasteiger partial charge on any atom is -0.350 e. The van der Waals surface area contributed by atoms with Gasteiger partial charge >= 0.3 is 5.69 Å². The molecular weight excluding hydrogens is 394 g/mol. The molecule has 4 aromatic rings. The average Bonchev–Trinajstić information content (AvgIpc) is 3.28. The molecule has 2 heterocycles. The Morgan fingerprint density at radius 1 is 0.968 bits per heavy atom. The van der Waals surface area contributed by atoms with E-state index in [9.17, 15) is 14.4 Å². The molecule has 0 spiro atoms. The number of H-pyrrole nitrogens is 1. The topological polar surface area (TPSA) is 102 Å². The minimum absolute atomic E-state index is 0.167. The third-order valence-electron chi connectivity index (χ3n) is 4.87. The van der Waals surface area contributed by atoms with Gasteiger partial charge in [0.2, 0.25) is 5.91 Å². The molecule has 0 bridgehead atoms. The number of carbonyl (C=O) groups is 1. The third-order valence-corrected chi connectivity index (χ3v) is 4.87. The Morgan fingerprint density at radius 2 is 1.77 bits per heavy atom. The van der Waals surface area contributed by atoms with Crippen LogP contribution in [-0.2, 0) is 24.4 Å². The number of hydrogen-bond donors (Lipinski definition) is 2. The molecule has 0 aliphatic carbocycles. The summed E-state index contributed by atoms with van der Waals surface area (Å²) in [5, 5.41) is 7.06. The van der Waals surface area contributed by atoms with Crippen molar-refractivity contribution < 1.29 is 4.79 Å². The van der Waals surface area contributed by atoms with Crippen LogP contribution in [0.15, 0.2) is 88.8 Å². The summed E-state index contributed by atoms with van der Waals surface area (Å²) in [6.07, 6.45) is 4.99. The van der Waals surface area contributed by atoms with Crippen LogP contribution in [0.4, 0.5) is 0 Å². The summed E-state index contributed by atoms with van der Waals surface area (Å²) in [6, 6.07) is 19.2. The van der Waals surface area contributed by atoms with Gasteiger partial charge in [0.05, 0.1) is 6.54 Å². The molecule has 0 saturated heterocycles. The number of nitrogens with one attached hydrogen (secondary N) is 2. The van der Waals surface area contributed by atoms with Crippen molar-refractivity contribution in [1.29, 1.82) is 0 Å². The van der Waals surface area contributed by atoms with E-state index in [-0.39, 0.29) is 12.5 Å². The van der Waals surface area contributed by atoms with E-state index in [0.29, 0.717) is 13.1 Å². The van der Waals surface area contributed by atoms with Gasteiger partial charge in [-0.15, -0.1) is 0 Å². The molecular formula is C23H21N5O3. The van der Waals surface area contributed by atoms with Crippen LogP contribution in [0.5, 0.6) is 0 Å². The Hall–Kier alpha value is -4.20. The van der Waals surface area contributed by atoms with Gasteiger partial charge in [-0.2, -0.15) is 5.10 Å². The Morgan fingerprint density at radius 3 is 2.52 bits per heavy atom. The molecule has 8 heteroatoms. The second kappa shape index (κ2) is 9.08. The van der Waals surface area contributed by atoms with E-state index < -0.39 is 11.2 Å². The summed E-state index contributed by atoms with van der Waals surface area (Å²) in [5.74, 6) is -0.321. The van der Waals surface area contributed by atoms with Gasteiger partial charge in [0.25, 0.3) is 5.56 Å². The van der Waals surface area contributed by atoms with Crippen LogP contribution in [0.1, 0.15) is 11.1 Å². The fraction of sp³-hybridized carbons (Fsp3) is 0.130.